The molecule has 2 nitrogen and oxygen atoms in total. The topological polar surface area (TPSA) is 37.3 Å². The maximum Gasteiger partial charge on any atom is 0.460 e. The molecule has 0 saturated heterocycles. The summed E-state index contributed by atoms with van der Waals surface area (Å²) in [6, 6.07) is 0. The molecule has 0 bridgehead atoms. The summed E-state index contributed by atoms with van der Waals surface area (Å²) < 4.78 is 150. The molecule has 0 radical (unpaired) electrons. The maximum atomic E-state index is 12.4. The van der Waals surface area contributed by atoms with Gasteiger partial charge in [0.2, 0.25) is 11.1 Å². The zero-order valence-electron chi connectivity index (χ0n) is 7.92. The molecule has 1 unspecified atom stereocenters. The zero-order chi connectivity index (χ0) is 16.1. The van der Waals surface area contributed by atoms with Gasteiger partial charge in [-0.2, -0.15) is 48.3 Å². The largest absolute Gasteiger partial charge is 0.460 e. The van der Waals surface area contributed by atoms with Gasteiger partial charge in [-0.25, -0.2) is 4.21 Å². The summed E-state index contributed by atoms with van der Waals surface area (Å²) in [6.45, 7) is 0. The van der Waals surface area contributed by atoms with E-state index >= 15 is 0 Å². The van der Waals surface area contributed by atoms with Crippen molar-refractivity contribution in [1.82, 2.24) is 0 Å². The van der Waals surface area contributed by atoms with Gasteiger partial charge in [-0.3, -0.25) is 0 Å². The molecule has 0 fully saturated rings. The van der Waals surface area contributed by atoms with Crippen molar-refractivity contribution in [3.8, 4) is 0 Å². The monoisotopic (exact) mass is 334 g/mol. The predicted molar refractivity (Wildman–Crippen MR) is 36.6 cm³/mol. The van der Waals surface area contributed by atoms with Gasteiger partial charge in [0, 0.05) is 0 Å². The Kier molecular flexibility index (Phi) is 4.27. The van der Waals surface area contributed by atoms with Crippen molar-refractivity contribution < 1.29 is 57.1 Å². The maximum absolute atomic E-state index is 12.4. The molecule has 0 aliphatic heterocycles. The van der Waals surface area contributed by atoms with E-state index in [2.05, 4.69) is 0 Å². The summed E-state index contributed by atoms with van der Waals surface area (Å²) in [5, 5.41) is -6.73. The Hall–Kier alpha value is -0.660. The Morgan fingerprint density at radius 3 is 1.16 bits per heavy atom. The van der Waals surface area contributed by atoms with Gasteiger partial charge in [0.25, 0.3) is 0 Å². The lowest BCUT2D eigenvalue weighted by atomic mass is 10.0. The van der Waals surface area contributed by atoms with Crippen molar-refractivity contribution in [3.05, 3.63) is 0 Å². The summed E-state index contributed by atoms with van der Waals surface area (Å²) >= 11 is -5.12. The highest BCUT2D eigenvalue weighted by molar-refractivity contribution is 7.80. The van der Waals surface area contributed by atoms with Gasteiger partial charge in [0.1, 0.15) is 0 Å². The van der Waals surface area contributed by atoms with Gasteiger partial charge in [0.05, 0.1) is 0 Å². The van der Waals surface area contributed by atoms with Crippen LogP contribution in [0.3, 0.4) is 0 Å². The van der Waals surface area contributed by atoms with Gasteiger partial charge < -0.3 is 4.55 Å². The third-order valence-corrected chi connectivity index (χ3v) is 2.42. The van der Waals surface area contributed by atoms with Crippen LogP contribution in [0.25, 0.3) is 0 Å². The first-order chi connectivity index (χ1) is 7.94. The minimum absolute atomic E-state index is 5.12. The Morgan fingerprint density at radius 2 is 0.947 bits per heavy atom. The van der Waals surface area contributed by atoms with E-state index in [1.807, 2.05) is 0 Å². The predicted octanol–water partition coefficient (Wildman–Crippen LogP) is 3.27. The van der Waals surface area contributed by atoms with E-state index in [0.29, 0.717) is 0 Å². The third-order valence-electron chi connectivity index (χ3n) is 1.73. The van der Waals surface area contributed by atoms with E-state index in [0.717, 1.165) is 0 Å². The number of hydrogen-bond donors (Lipinski definition) is 1. The normalized spacial score (nSPS) is 17.5. The van der Waals surface area contributed by atoms with Crippen molar-refractivity contribution in [1.29, 1.82) is 0 Å². The van der Waals surface area contributed by atoms with Crippen LogP contribution in [0.15, 0.2) is 0 Å². The van der Waals surface area contributed by atoms with Gasteiger partial charge in [0.15, 0.2) is 0 Å². The van der Waals surface area contributed by atoms with E-state index in [4.69, 9.17) is 4.55 Å². The molecule has 0 aliphatic carbocycles. The number of rotatable bonds is 4. The van der Waals surface area contributed by atoms with Gasteiger partial charge in [-0.1, -0.05) is 0 Å². The molecule has 0 aromatic heterocycles. The van der Waals surface area contributed by atoms with E-state index in [-0.39, 0.29) is 0 Å². The Labute approximate surface area is 98.4 Å². The van der Waals surface area contributed by atoms with Crippen LogP contribution in [0.5, 0.6) is 0 Å². The van der Waals surface area contributed by atoms with E-state index in [1.165, 1.54) is 0 Å². The lowest BCUT2D eigenvalue weighted by molar-refractivity contribution is -0.413. The highest BCUT2D eigenvalue weighted by Gasteiger charge is 2.88. The Bertz CT molecular complexity index is 372. The average molecular weight is 334 g/mol. The van der Waals surface area contributed by atoms with Crippen molar-refractivity contribution in [2.75, 3.05) is 0 Å². The second kappa shape index (κ2) is 4.43. The standard InChI is InChI=1S/C5HF11O2S/c6-1(7,2(8,9)4(12,13)14)3(10,11)5(15,16)19(17)18/h(H,17,18). The highest BCUT2D eigenvalue weighted by atomic mass is 32.2. The fourth-order valence-electron chi connectivity index (χ4n) is 0.668. The van der Waals surface area contributed by atoms with E-state index < -0.39 is 40.3 Å². The van der Waals surface area contributed by atoms with Gasteiger partial charge in [-0.05, 0) is 0 Å². The zero-order valence-corrected chi connectivity index (χ0v) is 8.74. The molecule has 19 heavy (non-hydrogen) atoms. The lowest BCUT2D eigenvalue weighted by Gasteiger charge is -2.35. The molecule has 0 aliphatic rings. The molecule has 0 aromatic rings. The van der Waals surface area contributed by atoms with Crippen LogP contribution in [0.1, 0.15) is 0 Å². The van der Waals surface area contributed by atoms with Crippen LogP contribution >= 0.6 is 0 Å². The molecule has 0 heterocycles. The lowest BCUT2D eigenvalue weighted by Crippen LogP contribution is -2.67. The first kappa shape index (κ1) is 18.3. The van der Waals surface area contributed by atoms with Crippen LogP contribution in [0.2, 0.25) is 0 Å². The number of hydrogen-bond acceptors (Lipinski definition) is 1. The van der Waals surface area contributed by atoms with Gasteiger partial charge >= 0.3 is 29.2 Å². The summed E-state index contributed by atoms with van der Waals surface area (Å²) in [4.78, 5) is 0. The molecule has 0 amide bonds. The molecule has 0 rings (SSSR count). The molecule has 14 heteroatoms. The Balaban J connectivity index is 5.99. The SMILES string of the molecule is O=S(O)C(F)(F)C(F)(F)C(F)(F)C(F)(F)C(F)(F)F. The van der Waals surface area contributed by atoms with Crippen molar-refractivity contribution in [2.45, 2.75) is 29.2 Å². The smallest absolute Gasteiger partial charge is 0.301 e. The number of alkyl halides is 11. The molecular weight excluding hydrogens is 333 g/mol. The Morgan fingerprint density at radius 1 is 0.632 bits per heavy atom. The summed E-state index contributed by atoms with van der Waals surface area (Å²) in [6.07, 6.45) is -7.28. The first-order valence-corrected chi connectivity index (χ1v) is 4.74. The minimum atomic E-state index is -7.65. The van der Waals surface area contributed by atoms with Crippen LogP contribution in [0.4, 0.5) is 48.3 Å². The second-order valence-electron chi connectivity index (χ2n) is 2.99. The molecule has 1 N–H and O–H groups in total. The molecular formula is C5HF11O2S. The van der Waals surface area contributed by atoms with Crippen LogP contribution in [0, 0.1) is 0 Å². The van der Waals surface area contributed by atoms with Gasteiger partial charge in [-0.15, -0.1) is 0 Å². The summed E-state index contributed by atoms with van der Waals surface area (Å²) in [7, 11) is 0. The molecule has 116 valence electrons. The van der Waals surface area contributed by atoms with Crippen LogP contribution < -0.4 is 0 Å². The minimum Gasteiger partial charge on any atom is -0.301 e. The number of halogens is 11. The molecule has 1 atom stereocenters. The van der Waals surface area contributed by atoms with Crippen molar-refractivity contribution in [3.63, 3.8) is 0 Å². The van der Waals surface area contributed by atoms with E-state index in [9.17, 15) is 52.5 Å². The fraction of sp³-hybridized carbons (Fsp3) is 1.00. The van der Waals surface area contributed by atoms with Crippen molar-refractivity contribution >= 4 is 11.1 Å². The first-order valence-electron chi connectivity index (χ1n) is 3.63. The molecule has 0 spiro atoms. The molecule has 0 aromatic carbocycles. The summed E-state index contributed by atoms with van der Waals surface area (Å²) in [5.74, 6) is -22.6. The highest BCUT2D eigenvalue weighted by Crippen LogP contribution is 2.57. The summed E-state index contributed by atoms with van der Waals surface area (Å²) in [5.41, 5.74) is 0. The van der Waals surface area contributed by atoms with Crippen LogP contribution in [-0.4, -0.2) is 38.0 Å². The molecule has 0 saturated carbocycles. The van der Waals surface area contributed by atoms with Crippen LogP contribution in [-0.2, 0) is 11.1 Å². The average Bonchev–Trinajstić information content (AvgIpc) is 2.14. The van der Waals surface area contributed by atoms with Crippen molar-refractivity contribution in [2.24, 2.45) is 0 Å². The quantitative estimate of drug-likeness (QED) is 0.633. The van der Waals surface area contributed by atoms with E-state index in [1.54, 1.807) is 0 Å². The third kappa shape index (κ3) is 2.39. The fourth-order valence-corrected chi connectivity index (χ4v) is 1.02. The second-order valence-corrected chi connectivity index (χ2v) is 4.00.